The summed E-state index contributed by atoms with van der Waals surface area (Å²) in [5.41, 5.74) is 4.36. The molecular weight excluding hydrogens is 360 g/mol. The van der Waals surface area contributed by atoms with Crippen molar-refractivity contribution in [3.05, 3.63) is 59.2 Å². The van der Waals surface area contributed by atoms with Crippen LogP contribution in [0.3, 0.4) is 0 Å². The molecule has 1 atom stereocenters. The van der Waals surface area contributed by atoms with Crippen LogP contribution in [0, 0.1) is 6.92 Å². The predicted molar refractivity (Wildman–Crippen MR) is 112 cm³/mol. The fourth-order valence-electron chi connectivity index (χ4n) is 3.13. The molecule has 6 heteroatoms. The molecule has 0 saturated heterocycles. The zero-order valence-corrected chi connectivity index (χ0v) is 17.4. The molecule has 27 heavy (non-hydrogen) atoms. The summed E-state index contributed by atoms with van der Waals surface area (Å²) in [6, 6.07) is 12.2. The number of hydrogen-bond donors (Lipinski definition) is 1. The van der Waals surface area contributed by atoms with Crippen LogP contribution < -0.4 is 9.62 Å². The first-order chi connectivity index (χ1) is 12.7. The average Bonchev–Trinajstić information content (AvgIpc) is 2.62. The summed E-state index contributed by atoms with van der Waals surface area (Å²) in [5.74, 6) is -0.350. The molecular formula is C21H28N2O3S. The molecule has 0 radical (unpaired) electrons. The Hall–Kier alpha value is -2.34. The highest BCUT2D eigenvalue weighted by molar-refractivity contribution is 7.92. The molecule has 0 aliphatic carbocycles. The molecule has 0 aliphatic rings. The summed E-state index contributed by atoms with van der Waals surface area (Å²) in [7, 11) is -3.63. The maximum atomic E-state index is 13.0. The Morgan fingerprint density at radius 2 is 1.56 bits per heavy atom. The Kier molecular flexibility index (Phi) is 6.65. The second-order valence-electron chi connectivity index (χ2n) is 6.72. The smallest absolute Gasteiger partial charge is 0.248 e. The minimum atomic E-state index is -3.63. The van der Waals surface area contributed by atoms with Gasteiger partial charge in [0.2, 0.25) is 15.9 Å². The molecule has 5 nitrogen and oxygen atoms in total. The van der Waals surface area contributed by atoms with Gasteiger partial charge in [0.15, 0.2) is 0 Å². The molecule has 0 fully saturated rings. The van der Waals surface area contributed by atoms with Crippen LogP contribution in [0.5, 0.6) is 0 Å². The van der Waals surface area contributed by atoms with Gasteiger partial charge >= 0.3 is 0 Å². The summed E-state index contributed by atoms with van der Waals surface area (Å²) in [6.07, 6.45) is 2.69. The minimum Gasteiger partial charge on any atom is -0.324 e. The number of sulfonamides is 1. The maximum Gasteiger partial charge on any atom is 0.248 e. The van der Waals surface area contributed by atoms with Gasteiger partial charge in [-0.1, -0.05) is 49.7 Å². The van der Waals surface area contributed by atoms with Crippen molar-refractivity contribution in [1.29, 1.82) is 0 Å². The Labute approximate surface area is 162 Å². The summed E-state index contributed by atoms with van der Waals surface area (Å²) in [5, 5.41) is 2.97. The molecule has 0 bridgehead atoms. The van der Waals surface area contributed by atoms with Crippen molar-refractivity contribution in [1.82, 2.24) is 0 Å². The highest BCUT2D eigenvalue weighted by atomic mass is 32.2. The molecule has 0 heterocycles. The highest BCUT2D eigenvalue weighted by Crippen LogP contribution is 2.25. The second-order valence-corrected chi connectivity index (χ2v) is 8.58. The number of nitrogens with one attached hydrogen (secondary N) is 1. The van der Waals surface area contributed by atoms with Crippen molar-refractivity contribution in [3.8, 4) is 0 Å². The van der Waals surface area contributed by atoms with Crippen LogP contribution in [0.15, 0.2) is 42.5 Å². The van der Waals surface area contributed by atoms with Crippen LogP contribution >= 0.6 is 0 Å². The van der Waals surface area contributed by atoms with Gasteiger partial charge in [0.05, 0.1) is 11.9 Å². The molecule has 2 aromatic carbocycles. The van der Waals surface area contributed by atoms with Gasteiger partial charge < -0.3 is 5.32 Å². The number of carbonyl (C=O) groups is 1. The van der Waals surface area contributed by atoms with Crippen molar-refractivity contribution in [2.24, 2.45) is 0 Å². The molecule has 0 spiro atoms. The number of anilines is 2. The average molecular weight is 389 g/mol. The Morgan fingerprint density at radius 1 is 1.04 bits per heavy atom. The topological polar surface area (TPSA) is 66.5 Å². The lowest BCUT2D eigenvalue weighted by molar-refractivity contribution is -0.116. The van der Waals surface area contributed by atoms with Crippen molar-refractivity contribution in [3.63, 3.8) is 0 Å². The van der Waals surface area contributed by atoms with Crippen LogP contribution in [0.1, 0.15) is 37.5 Å². The van der Waals surface area contributed by atoms with Crippen molar-refractivity contribution in [2.75, 3.05) is 15.9 Å². The molecule has 0 saturated carbocycles. The van der Waals surface area contributed by atoms with Gasteiger partial charge in [0, 0.05) is 5.69 Å². The number of amides is 1. The zero-order valence-electron chi connectivity index (χ0n) is 16.6. The summed E-state index contributed by atoms with van der Waals surface area (Å²) in [6.45, 7) is 7.60. The third-order valence-corrected chi connectivity index (χ3v) is 5.87. The van der Waals surface area contributed by atoms with E-state index in [1.165, 1.54) is 4.31 Å². The second kappa shape index (κ2) is 8.57. The number of hydrogen-bond acceptors (Lipinski definition) is 3. The monoisotopic (exact) mass is 388 g/mol. The summed E-state index contributed by atoms with van der Waals surface area (Å²) < 4.78 is 26.0. The van der Waals surface area contributed by atoms with Crippen LogP contribution in [0.2, 0.25) is 0 Å². The molecule has 2 rings (SSSR count). The SMILES string of the molecule is CCc1cccc(CC)c1NC(=O)[C@H](C)N(c1ccc(C)cc1)S(C)(=O)=O. The fraction of sp³-hybridized carbons (Fsp3) is 0.381. The number of para-hydroxylation sites is 1. The lowest BCUT2D eigenvalue weighted by Crippen LogP contribution is -2.45. The largest absolute Gasteiger partial charge is 0.324 e. The number of rotatable bonds is 7. The van der Waals surface area contributed by atoms with E-state index < -0.39 is 16.1 Å². The van der Waals surface area contributed by atoms with E-state index in [2.05, 4.69) is 5.32 Å². The third-order valence-electron chi connectivity index (χ3n) is 4.62. The van der Waals surface area contributed by atoms with Crippen molar-refractivity contribution < 1.29 is 13.2 Å². The maximum absolute atomic E-state index is 13.0. The van der Waals surface area contributed by atoms with Gasteiger partial charge in [-0.25, -0.2) is 8.42 Å². The quantitative estimate of drug-likeness (QED) is 0.782. The number of carbonyl (C=O) groups excluding carboxylic acids is 1. The summed E-state index contributed by atoms with van der Waals surface area (Å²) >= 11 is 0. The zero-order chi connectivity index (χ0) is 20.2. The van der Waals surface area contributed by atoms with E-state index >= 15 is 0 Å². The predicted octanol–water partition coefficient (Wildman–Crippen LogP) is 3.91. The number of nitrogens with zero attached hydrogens (tertiary/aromatic N) is 1. The van der Waals surface area contributed by atoms with Gasteiger partial charge in [0.25, 0.3) is 0 Å². The van der Waals surface area contributed by atoms with E-state index in [0.717, 1.165) is 41.5 Å². The minimum absolute atomic E-state index is 0.350. The molecule has 146 valence electrons. The van der Waals surface area contributed by atoms with Gasteiger partial charge in [-0.2, -0.15) is 0 Å². The van der Waals surface area contributed by atoms with Crippen LogP contribution in [-0.2, 0) is 27.7 Å². The van der Waals surface area contributed by atoms with Gasteiger partial charge in [0.1, 0.15) is 6.04 Å². The molecule has 1 N–H and O–H groups in total. The molecule has 1 amide bonds. The van der Waals surface area contributed by atoms with Gasteiger partial charge in [-0.15, -0.1) is 0 Å². The normalized spacial score (nSPS) is 12.5. The third kappa shape index (κ3) is 4.89. The first-order valence-electron chi connectivity index (χ1n) is 9.16. The van der Waals surface area contributed by atoms with Crippen LogP contribution in [0.4, 0.5) is 11.4 Å². The lowest BCUT2D eigenvalue weighted by Gasteiger charge is -2.29. The first-order valence-corrected chi connectivity index (χ1v) is 11.0. The molecule has 0 unspecified atom stereocenters. The van der Waals surface area contributed by atoms with Crippen LogP contribution in [-0.4, -0.2) is 26.6 Å². The lowest BCUT2D eigenvalue weighted by atomic mass is 10.0. The fourth-order valence-corrected chi connectivity index (χ4v) is 4.31. The van der Waals surface area contributed by atoms with E-state index in [1.807, 2.05) is 51.1 Å². The van der Waals surface area contributed by atoms with Gasteiger partial charge in [-0.3, -0.25) is 9.10 Å². The molecule has 2 aromatic rings. The first kappa shape index (κ1) is 21.0. The summed E-state index contributed by atoms with van der Waals surface area (Å²) in [4.78, 5) is 13.0. The van der Waals surface area contributed by atoms with Crippen molar-refractivity contribution in [2.45, 2.75) is 46.6 Å². The van der Waals surface area contributed by atoms with E-state index in [9.17, 15) is 13.2 Å². The van der Waals surface area contributed by atoms with Crippen LogP contribution in [0.25, 0.3) is 0 Å². The van der Waals surface area contributed by atoms with E-state index in [4.69, 9.17) is 0 Å². The van der Waals surface area contributed by atoms with Crippen molar-refractivity contribution >= 4 is 27.3 Å². The standard InChI is InChI=1S/C21H28N2O3S/c1-6-17-9-8-10-18(7-2)20(17)22-21(24)16(4)23(27(5,25)26)19-13-11-15(3)12-14-19/h8-14,16H,6-7H2,1-5H3,(H,22,24)/t16-/m0/s1. The Bertz CT molecular complexity index is 883. The van der Waals surface area contributed by atoms with Gasteiger partial charge in [-0.05, 0) is 49.9 Å². The Morgan fingerprint density at radius 3 is 2.00 bits per heavy atom. The highest BCUT2D eigenvalue weighted by Gasteiger charge is 2.29. The van der Waals surface area contributed by atoms with E-state index in [1.54, 1.807) is 19.1 Å². The number of aryl methyl sites for hydroxylation is 3. The molecule has 0 aromatic heterocycles. The Balaban J connectivity index is 2.38. The van der Waals surface area contributed by atoms with E-state index in [0.29, 0.717) is 5.69 Å². The van der Waals surface area contributed by atoms with E-state index in [-0.39, 0.29) is 5.91 Å². The number of benzene rings is 2. The molecule has 0 aliphatic heterocycles.